The van der Waals surface area contributed by atoms with Gasteiger partial charge < -0.3 is 10.4 Å². The molecule has 6 heteroatoms. The van der Waals surface area contributed by atoms with Gasteiger partial charge >= 0.3 is 5.97 Å². The number of carbonyl (C=O) groups is 1. The Kier molecular flexibility index (Phi) is 3.97. The van der Waals surface area contributed by atoms with E-state index in [9.17, 15) is 9.18 Å². The number of aromatic nitrogens is 1. The number of hydrogen-bond acceptors (Lipinski definition) is 3. The molecule has 2 rings (SSSR count). The molecule has 0 aliphatic carbocycles. The fourth-order valence-electron chi connectivity index (χ4n) is 1.58. The number of carboxylic acids is 1. The summed E-state index contributed by atoms with van der Waals surface area (Å²) in [6.45, 7) is 0.347. The first-order chi connectivity index (χ1) is 9.06. The van der Waals surface area contributed by atoms with Crippen molar-refractivity contribution in [2.45, 2.75) is 6.54 Å². The van der Waals surface area contributed by atoms with E-state index < -0.39 is 11.8 Å². The van der Waals surface area contributed by atoms with E-state index >= 15 is 0 Å². The number of aromatic carboxylic acids is 1. The van der Waals surface area contributed by atoms with Crippen LogP contribution in [0.1, 0.15) is 15.9 Å². The molecule has 0 unspecified atom stereocenters. The first kappa shape index (κ1) is 13.3. The van der Waals surface area contributed by atoms with Gasteiger partial charge in [0.25, 0.3) is 0 Å². The summed E-state index contributed by atoms with van der Waals surface area (Å²) in [5, 5.41) is 12.4. The molecule has 98 valence electrons. The highest BCUT2D eigenvalue weighted by molar-refractivity contribution is 6.30. The Morgan fingerprint density at radius 3 is 2.89 bits per heavy atom. The van der Waals surface area contributed by atoms with Crippen LogP contribution >= 0.6 is 11.6 Å². The number of rotatable bonds is 4. The lowest BCUT2D eigenvalue weighted by Crippen LogP contribution is -2.09. The van der Waals surface area contributed by atoms with Gasteiger partial charge in [0.15, 0.2) is 0 Å². The summed E-state index contributed by atoms with van der Waals surface area (Å²) >= 11 is 5.84. The van der Waals surface area contributed by atoms with Gasteiger partial charge in [-0.1, -0.05) is 23.7 Å². The third-order valence-electron chi connectivity index (χ3n) is 2.43. The van der Waals surface area contributed by atoms with E-state index in [1.807, 2.05) is 6.07 Å². The minimum absolute atomic E-state index is 0.119. The maximum atomic E-state index is 13.0. The summed E-state index contributed by atoms with van der Waals surface area (Å²) in [5.74, 6) is -1.81. The quantitative estimate of drug-likeness (QED) is 0.903. The Morgan fingerprint density at radius 2 is 2.21 bits per heavy atom. The van der Waals surface area contributed by atoms with Crippen molar-refractivity contribution in [3.63, 3.8) is 0 Å². The first-order valence-corrected chi connectivity index (χ1v) is 5.81. The van der Waals surface area contributed by atoms with Crippen LogP contribution in [0.25, 0.3) is 0 Å². The largest absolute Gasteiger partial charge is 0.478 e. The second kappa shape index (κ2) is 5.67. The van der Waals surface area contributed by atoms with Crippen molar-refractivity contribution in [1.82, 2.24) is 4.98 Å². The Bertz CT molecular complexity index is 619. The van der Waals surface area contributed by atoms with Crippen molar-refractivity contribution in [1.29, 1.82) is 0 Å². The Labute approximate surface area is 113 Å². The maximum Gasteiger partial charge on any atom is 0.339 e. The van der Waals surface area contributed by atoms with Crippen molar-refractivity contribution >= 4 is 23.4 Å². The van der Waals surface area contributed by atoms with Crippen molar-refractivity contribution in [3.05, 3.63) is 58.5 Å². The molecule has 0 amide bonds. The number of halogens is 2. The highest BCUT2D eigenvalue weighted by Crippen LogP contribution is 2.16. The molecular formula is C13H10ClFN2O2. The molecule has 1 heterocycles. The maximum absolute atomic E-state index is 13.0. The average Bonchev–Trinajstić information content (AvgIpc) is 2.37. The van der Waals surface area contributed by atoms with E-state index in [4.69, 9.17) is 16.7 Å². The summed E-state index contributed by atoms with van der Waals surface area (Å²) in [7, 11) is 0. The topological polar surface area (TPSA) is 62.2 Å². The molecule has 0 bridgehead atoms. The van der Waals surface area contributed by atoms with Gasteiger partial charge in [-0.15, -0.1) is 0 Å². The van der Waals surface area contributed by atoms with Crippen LogP contribution in [0.3, 0.4) is 0 Å². The zero-order chi connectivity index (χ0) is 13.8. The lowest BCUT2D eigenvalue weighted by molar-refractivity contribution is 0.0697. The molecule has 19 heavy (non-hydrogen) atoms. The molecule has 2 N–H and O–H groups in total. The molecular weight excluding hydrogens is 271 g/mol. The van der Waals surface area contributed by atoms with Gasteiger partial charge in [0.05, 0.1) is 6.20 Å². The van der Waals surface area contributed by atoms with Gasteiger partial charge in [-0.2, -0.15) is 0 Å². The molecule has 0 spiro atoms. The molecule has 1 aromatic heterocycles. The minimum atomic E-state index is -1.24. The van der Waals surface area contributed by atoms with Crippen LogP contribution in [0.5, 0.6) is 0 Å². The van der Waals surface area contributed by atoms with E-state index in [1.54, 1.807) is 18.2 Å². The van der Waals surface area contributed by atoms with Gasteiger partial charge in [-0.05, 0) is 23.8 Å². The Hall–Kier alpha value is -2.14. The number of benzene rings is 1. The summed E-state index contributed by atoms with van der Waals surface area (Å²) in [5.41, 5.74) is 0.664. The molecule has 0 aliphatic heterocycles. The lowest BCUT2D eigenvalue weighted by Gasteiger charge is -2.08. The molecule has 0 fully saturated rings. The molecule has 0 saturated heterocycles. The Morgan fingerprint density at radius 1 is 1.42 bits per heavy atom. The average molecular weight is 281 g/mol. The van der Waals surface area contributed by atoms with E-state index in [1.165, 1.54) is 0 Å². The highest BCUT2D eigenvalue weighted by Gasteiger charge is 2.12. The second-order valence-corrected chi connectivity index (χ2v) is 4.27. The van der Waals surface area contributed by atoms with Gasteiger partial charge in [0.1, 0.15) is 17.2 Å². The predicted molar refractivity (Wildman–Crippen MR) is 69.9 cm³/mol. The van der Waals surface area contributed by atoms with E-state index in [2.05, 4.69) is 10.3 Å². The van der Waals surface area contributed by atoms with Crippen LogP contribution in [0.4, 0.5) is 10.2 Å². The fourth-order valence-corrected chi connectivity index (χ4v) is 1.79. The van der Waals surface area contributed by atoms with Crippen LogP contribution < -0.4 is 5.32 Å². The summed E-state index contributed by atoms with van der Waals surface area (Å²) in [6.07, 6.45) is 0.965. The standard InChI is InChI=1S/C13H10ClFN2O2/c14-9-3-1-2-8(4-9)6-16-12-11(13(18)19)5-10(15)7-17-12/h1-5,7H,6H2,(H,16,17)(H,18,19). The molecule has 2 aromatic rings. The number of hydrogen-bond donors (Lipinski definition) is 2. The zero-order valence-electron chi connectivity index (χ0n) is 9.73. The SMILES string of the molecule is O=C(O)c1cc(F)cnc1NCc1cccc(Cl)c1. The van der Waals surface area contributed by atoms with E-state index in [0.29, 0.717) is 11.6 Å². The fraction of sp³-hybridized carbons (Fsp3) is 0.0769. The molecule has 1 aromatic carbocycles. The lowest BCUT2D eigenvalue weighted by atomic mass is 10.2. The van der Waals surface area contributed by atoms with Crippen molar-refractivity contribution < 1.29 is 14.3 Å². The third-order valence-corrected chi connectivity index (χ3v) is 2.67. The van der Waals surface area contributed by atoms with E-state index in [0.717, 1.165) is 17.8 Å². The predicted octanol–water partition coefficient (Wildman–Crippen LogP) is 3.18. The number of carboxylic acid groups (broad SMARTS) is 1. The van der Waals surface area contributed by atoms with Gasteiger partial charge in [-0.25, -0.2) is 14.2 Å². The smallest absolute Gasteiger partial charge is 0.339 e. The summed E-state index contributed by atoms with van der Waals surface area (Å²) in [4.78, 5) is 14.7. The van der Waals surface area contributed by atoms with Gasteiger partial charge in [-0.3, -0.25) is 0 Å². The van der Waals surface area contributed by atoms with Crippen LogP contribution in [-0.2, 0) is 6.54 Å². The number of pyridine rings is 1. The molecule has 0 aliphatic rings. The summed E-state index contributed by atoms with van der Waals surface area (Å²) < 4.78 is 13.0. The molecule has 0 radical (unpaired) electrons. The molecule has 4 nitrogen and oxygen atoms in total. The monoisotopic (exact) mass is 280 g/mol. The van der Waals surface area contributed by atoms with Crippen LogP contribution in [0.15, 0.2) is 36.5 Å². The number of nitrogens with one attached hydrogen (secondary N) is 1. The Balaban J connectivity index is 2.17. The van der Waals surface area contributed by atoms with Crippen molar-refractivity contribution in [2.75, 3.05) is 5.32 Å². The molecule has 0 saturated carbocycles. The second-order valence-electron chi connectivity index (χ2n) is 3.84. The van der Waals surface area contributed by atoms with Gasteiger partial charge in [0.2, 0.25) is 0 Å². The summed E-state index contributed by atoms with van der Waals surface area (Å²) in [6, 6.07) is 8.04. The number of nitrogens with zero attached hydrogens (tertiary/aromatic N) is 1. The first-order valence-electron chi connectivity index (χ1n) is 5.43. The highest BCUT2D eigenvalue weighted by atomic mass is 35.5. The normalized spacial score (nSPS) is 10.2. The van der Waals surface area contributed by atoms with Crippen LogP contribution in [0, 0.1) is 5.82 Å². The van der Waals surface area contributed by atoms with Crippen molar-refractivity contribution in [2.24, 2.45) is 0 Å². The molecule has 0 atom stereocenters. The zero-order valence-corrected chi connectivity index (χ0v) is 10.5. The van der Waals surface area contributed by atoms with E-state index in [-0.39, 0.29) is 11.4 Å². The third kappa shape index (κ3) is 3.42. The van der Waals surface area contributed by atoms with Crippen molar-refractivity contribution in [3.8, 4) is 0 Å². The van der Waals surface area contributed by atoms with Gasteiger partial charge in [0, 0.05) is 11.6 Å². The number of anilines is 1. The minimum Gasteiger partial charge on any atom is -0.478 e. The van der Waals surface area contributed by atoms with Crippen LogP contribution in [0.2, 0.25) is 5.02 Å². The van der Waals surface area contributed by atoms with Crippen LogP contribution in [-0.4, -0.2) is 16.1 Å².